The van der Waals surface area contributed by atoms with Crippen LogP contribution in [0, 0.1) is 11.3 Å². The average Bonchev–Trinajstić information content (AvgIpc) is 3.21. The van der Waals surface area contributed by atoms with Crippen molar-refractivity contribution in [1.29, 1.82) is 5.26 Å². The van der Waals surface area contributed by atoms with Crippen LogP contribution in [0.1, 0.15) is 18.3 Å². The fourth-order valence-corrected chi connectivity index (χ4v) is 4.28. The number of imidazole rings is 1. The monoisotopic (exact) mass is 498 g/mol. The molecular weight excluding hydrogens is 472 g/mol. The van der Waals surface area contributed by atoms with Crippen molar-refractivity contribution in [3.63, 3.8) is 0 Å². The molecule has 2 aromatic carbocycles. The second kappa shape index (κ2) is 11.0. The Labute approximate surface area is 204 Å². The van der Waals surface area contributed by atoms with Gasteiger partial charge in [0.15, 0.2) is 18.1 Å². The van der Waals surface area contributed by atoms with Gasteiger partial charge in [-0.15, -0.1) is 0 Å². The molecule has 0 radical (unpaired) electrons. The number of aryl methyl sites for hydroxylation is 1. The minimum atomic E-state index is -3.59. The van der Waals surface area contributed by atoms with Gasteiger partial charge in [0.05, 0.1) is 23.0 Å². The molecule has 0 fully saturated rings. The zero-order valence-electron chi connectivity index (χ0n) is 19.9. The van der Waals surface area contributed by atoms with Crippen molar-refractivity contribution in [2.45, 2.75) is 25.0 Å². The normalized spacial score (nSPS) is 11.7. The molecule has 10 nitrogen and oxygen atoms in total. The van der Waals surface area contributed by atoms with E-state index in [0.717, 1.165) is 9.82 Å². The van der Waals surface area contributed by atoms with E-state index in [2.05, 4.69) is 4.98 Å². The Morgan fingerprint density at radius 3 is 2.63 bits per heavy atom. The number of rotatable bonds is 10. The third-order valence-electron chi connectivity index (χ3n) is 5.13. The van der Waals surface area contributed by atoms with E-state index < -0.39 is 16.0 Å². The molecule has 0 aliphatic heterocycles. The largest absolute Gasteiger partial charge is 0.493 e. The molecule has 35 heavy (non-hydrogen) atoms. The maximum absolute atomic E-state index is 12.4. The van der Waals surface area contributed by atoms with Gasteiger partial charge in [-0.1, -0.05) is 6.07 Å². The average molecular weight is 499 g/mol. The fourth-order valence-electron chi connectivity index (χ4n) is 3.36. The SMILES string of the molecule is CCn1c(COC(=O)C=Cc2ccc(OCC#N)c(OC)c2)nc2cc(S(=O)(=O)N(C)C)ccc21. The summed E-state index contributed by atoms with van der Waals surface area (Å²) >= 11 is 0. The quantitative estimate of drug-likeness (QED) is 0.309. The minimum absolute atomic E-state index is 0.0777. The smallest absolute Gasteiger partial charge is 0.331 e. The molecule has 0 saturated carbocycles. The van der Waals surface area contributed by atoms with Crippen molar-refractivity contribution in [3.05, 3.63) is 53.9 Å². The van der Waals surface area contributed by atoms with Crippen molar-refractivity contribution in [2.75, 3.05) is 27.8 Å². The first kappa shape index (κ1) is 25.7. The van der Waals surface area contributed by atoms with Gasteiger partial charge >= 0.3 is 5.97 Å². The van der Waals surface area contributed by atoms with E-state index in [9.17, 15) is 13.2 Å². The Bertz CT molecular complexity index is 1400. The molecule has 0 spiro atoms. The number of nitrogens with zero attached hydrogens (tertiary/aromatic N) is 4. The lowest BCUT2D eigenvalue weighted by Gasteiger charge is -2.11. The molecule has 1 heterocycles. The molecule has 0 unspecified atom stereocenters. The van der Waals surface area contributed by atoms with Crippen LogP contribution in [0.2, 0.25) is 0 Å². The van der Waals surface area contributed by atoms with Gasteiger partial charge in [0.25, 0.3) is 0 Å². The van der Waals surface area contributed by atoms with Crippen LogP contribution in [0.25, 0.3) is 17.1 Å². The number of hydrogen-bond acceptors (Lipinski definition) is 8. The molecule has 0 atom stereocenters. The first-order valence-corrected chi connectivity index (χ1v) is 12.1. The standard InChI is InChI=1S/C24H26N4O6S/c1-5-28-20-9-8-18(35(30,31)27(2)3)15-19(20)26-23(28)16-34-24(29)11-7-17-6-10-21(33-13-12-25)22(14-17)32-4/h6-11,14-15H,5,13,16H2,1-4H3. The topological polar surface area (TPSA) is 124 Å². The number of carbonyl (C=O) groups excluding carboxylic acids is 1. The zero-order valence-corrected chi connectivity index (χ0v) is 20.7. The number of benzene rings is 2. The van der Waals surface area contributed by atoms with E-state index in [0.29, 0.717) is 34.9 Å². The highest BCUT2D eigenvalue weighted by molar-refractivity contribution is 7.89. The highest BCUT2D eigenvalue weighted by Gasteiger charge is 2.19. The Morgan fingerprint density at radius 1 is 1.20 bits per heavy atom. The van der Waals surface area contributed by atoms with Crippen LogP contribution in [0.5, 0.6) is 11.5 Å². The summed E-state index contributed by atoms with van der Waals surface area (Å²) < 4.78 is 43.8. The predicted molar refractivity (Wildman–Crippen MR) is 129 cm³/mol. The van der Waals surface area contributed by atoms with Crippen molar-refractivity contribution < 1.29 is 27.4 Å². The van der Waals surface area contributed by atoms with E-state index in [1.165, 1.54) is 39.4 Å². The van der Waals surface area contributed by atoms with Crippen LogP contribution in [0.3, 0.4) is 0 Å². The summed E-state index contributed by atoms with van der Waals surface area (Å²) in [6.07, 6.45) is 2.85. The van der Waals surface area contributed by atoms with Crippen LogP contribution in [0.4, 0.5) is 0 Å². The Kier molecular flexibility index (Phi) is 8.11. The third-order valence-corrected chi connectivity index (χ3v) is 6.94. The number of methoxy groups -OCH3 is 1. The maximum atomic E-state index is 12.4. The third kappa shape index (κ3) is 5.79. The second-order valence-corrected chi connectivity index (χ2v) is 9.66. The van der Waals surface area contributed by atoms with Gasteiger partial charge in [-0.25, -0.2) is 22.5 Å². The molecule has 3 aromatic rings. The number of nitriles is 1. The van der Waals surface area contributed by atoms with E-state index >= 15 is 0 Å². The molecular formula is C24H26N4O6S. The van der Waals surface area contributed by atoms with Crippen molar-refractivity contribution in [1.82, 2.24) is 13.9 Å². The summed E-state index contributed by atoms with van der Waals surface area (Å²) in [4.78, 5) is 16.9. The van der Waals surface area contributed by atoms with E-state index in [4.69, 9.17) is 19.5 Å². The van der Waals surface area contributed by atoms with Crippen LogP contribution < -0.4 is 9.47 Å². The maximum Gasteiger partial charge on any atom is 0.331 e. The summed E-state index contributed by atoms with van der Waals surface area (Å²) in [6.45, 7) is 2.31. The van der Waals surface area contributed by atoms with Gasteiger partial charge < -0.3 is 18.8 Å². The number of aromatic nitrogens is 2. The fraction of sp³-hybridized carbons (Fsp3) is 0.292. The molecule has 3 rings (SSSR count). The predicted octanol–water partition coefficient (Wildman–Crippen LogP) is 2.97. The number of esters is 1. The van der Waals surface area contributed by atoms with Crippen LogP contribution in [-0.4, -0.2) is 56.1 Å². The molecule has 1 aromatic heterocycles. The lowest BCUT2D eigenvalue weighted by atomic mass is 10.2. The molecule has 0 amide bonds. The van der Waals surface area contributed by atoms with Crippen molar-refractivity contribution >= 4 is 33.1 Å². The summed E-state index contributed by atoms with van der Waals surface area (Å²) in [5, 5.41) is 8.65. The van der Waals surface area contributed by atoms with Gasteiger partial charge in [-0.3, -0.25) is 0 Å². The number of carbonyl (C=O) groups is 1. The number of sulfonamides is 1. The van der Waals surface area contributed by atoms with E-state index in [1.54, 1.807) is 30.3 Å². The summed E-state index contributed by atoms with van der Waals surface area (Å²) in [5.41, 5.74) is 1.93. The van der Waals surface area contributed by atoms with Gasteiger partial charge in [0.1, 0.15) is 18.5 Å². The minimum Gasteiger partial charge on any atom is -0.493 e. The molecule has 0 aliphatic carbocycles. The van der Waals surface area contributed by atoms with Gasteiger partial charge in [0, 0.05) is 26.7 Å². The lowest BCUT2D eigenvalue weighted by Crippen LogP contribution is -2.22. The van der Waals surface area contributed by atoms with Crippen LogP contribution in [0.15, 0.2) is 47.4 Å². The highest BCUT2D eigenvalue weighted by Crippen LogP contribution is 2.28. The second-order valence-electron chi connectivity index (χ2n) is 7.51. The summed E-state index contributed by atoms with van der Waals surface area (Å²) in [5.74, 6) is 0.792. The zero-order chi connectivity index (χ0) is 25.6. The molecule has 11 heteroatoms. The van der Waals surface area contributed by atoms with E-state index in [-0.39, 0.29) is 18.1 Å². The summed E-state index contributed by atoms with van der Waals surface area (Å²) in [6, 6.07) is 11.7. The highest BCUT2D eigenvalue weighted by atomic mass is 32.2. The Morgan fingerprint density at radius 2 is 1.97 bits per heavy atom. The Hall–Kier alpha value is -3.88. The molecule has 0 bridgehead atoms. The molecule has 0 saturated heterocycles. The van der Waals surface area contributed by atoms with Gasteiger partial charge in [-0.05, 0) is 48.9 Å². The van der Waals surface area contributed by atoms with Crippen LogP contribution in [-0.2, 0) is 32.7 Å². The summed E-state index contributed by atoms with van der Waals surface area (Å²) in [7, 11) is 0.825. The molecule has 0 aliphatic rings. The van der Waals surface area contributed by atoms with Gasteiger partial charge in [-0.2, -0.15) is 5.26 Å². The van der Waals surface area contributed by atoms with Crippen molar-refractivity contribution in [3.8, 4) is 17.6 Å². The Balaban J connectivity index is 1.73. The number of ether oxygens (including phenoxy) is 3. The van der Waals surface area contributed by atoms with Gasteiger partial charge in [0.2, 0.25) is 10.0 Å². The van der Waals surface area contributed by atoms with Crippen LogP contribution >= 0.6 is 0 Å². The van der Waals surface area contributed by atoms with E-state index in [1.807, 2.05) is 17.6 Å². The number of hydrogen-bond donors (Lipinski definition) is 0. The molecule has 0 N–H and O–H groups in total. The van der Waals surface area contributed by atoms with Crippen molar-refractivity contribution in [2.24, 2.45) is 0 Å². The lowest BCUT2D eigenvalue weighted by molar-refractivity contribution is -0.139. The number of fused-ring (bicyclic) bond motifs is 1. The molecule has 184 valence electrons. The first-order chi connectivity index (χ1) is 16.7. The first-order valence-electron chi connectivity index (χ1n) is 10.7.